The molecule has 1 aliphatic heterocycles. The maximum absolute atomic E-state index is 13.3. The van der Waals surface area contributed by atoms with Crippen LogP contribution in [0.2, 0.25) is 0 Å². The number of para-hydroxylation sites is 2. The monoisotopic (exact) mass is 428 g/mol. The van der Waals surface area contributed by atoms with E-state index in [1.54, 1.807) is 13.3 Å². The molecule has 2 aliphatic rings. The number of fused-ring (bicyclic) bond motifs is 1. The normalized spacial score (nSPS) is 21.9. The molecule has 164 valence electrons. The van der Waals surface area contributed by atoms with Gasteiger partial charge in [0.1, 0.15) is 17.6 Å². The first kappa shape index (κ1) is 20.6. The average Bonchev–Trinajstić information content (AvgIpc) is 3.42. The van der Waals surface area contributed by atoms with E-state index in [-0.39, 0.29) is 12.0 Å². The van der Waals surface area contributed by atoms with Crippen molar-refractivity contribution in [1.29, 1.82) is 0 Å². The molecule has 3 atom stereocenters. The molecule has 0 N–H and O–H groups in total. The van der Waals surface area contributed by atoms with Crippen LogP contribution in [0.3, 0.4) is 0 Å². The number of nitrogens with zero attached hydrogens (tertiary/aromatic N) is 2. The fourth-order valence-corrected chi connectivity index (χ4v) is 5.14. The molecule has 2 fully saturated rings. The quantitative estimate of drug-likeness (QED) is 0.575. The van der Waals surface area contributed by atoms with Crippen molar-refractivity contribution in [3.05, 3.63) is 89.7 Å². The van der Waals surface area contributed by atoms with Crippen LogP contribution in [-0.2, 0) is 6.42 Å². The zero-order valence-electron chi connectivity index (χ0n) is 18.3. The van der Waals surface area contributed by atoms with Crippen molar-refractivity contribution >= 4 is 5.91 Å². The van der Waals surface area contributed by atoms with Crippen LogP contribution in [-0.4, -0.2) is 42.1 Å². The summed E-state index contributed by atoms with van der Waals surface area (Å²) in [7, 11) is 1.67. The van der Waals surface area contributed by atoms with Crippen LogP contribution in [0.1, 0.15) is 34.5 Å². The van der Waals surface area contributed by atoms with Gasteiger partial charge in [0, 0.05) is 48.4 Å². The number of amides is 1. The Balaban J connectivity index is 1.27. The van der Waals surface area contributed by atoms with Crippen LogP contribution in [0, 0.1) is 11.8 Å². The van der Waals surface area contributed by atoms with E-state index in [4.69, 9.17) is 9.47 Å². The van der Waals surface area contributed by atoms with Gasteiger partial charge in [-0.1, -0.05) is 36.4 Å². The number of methoxy groups -OCH3 is 1. The first-order chi connectivity index (χ1) is 15.7. The van der Waals surface area contributed by atoms with Crippen LogP contribution in [0.15, 0.2) is 72.9 Å². The third-order valence-electron chi connectivity index (χ3n) is 6.74. The van der Waals surface area contributed by atoms with Crippen molar-refractivity contribution in [1.82, 2.24) is 9.88 Å². The summed E-state index contributed by atoms with van der Waals surface area (Å²) in [5, 5.41) is 0. The van der Waals surface area contributed by atoms with E-state index in [0.717, 1.165) is 48.7 Å². The minimum Gasteiger partial charge on any atom is -0.496 e. The van der Waals surface area contributed by atoms with Crippen LogP contribution in [0.4, 0.5) is 0 Å². The first-order valence-corrected chi connectivity index (χ1v) is 11.3. The lowest BCUT2D eigenvalue weighted by Crippen LogP contribution is -2.32. The lowest BCUT2D eigenvalue weighted by molar-refractivity contribution is 0.0762. The van der Waals surface area contributed by atoms with Crippen LogP contribution < -0.4 is 9.47 Å². The molecule has 0 unspecified atom stereocenters. The Hall–Kier alpha value is -3.34. The van der Waals surface area contributed by atoms with Gasteiger partial charge in [0.15, 0.2) is 0 Å². The molecule has 1 amide bonds. The summed E-state index contributed by atoms with van der Waals surface area (Å²) >= 11 is 0. The van der Waals surface area contributed by atoms with E-state index in [1.807, 2.05) is 71.6 Å². The molecule has 5 heteroatoms. The summed E-state index contributed by atoms with van der Waals surface area (Å²) < 4.78 is 11.7. The molecule has 0 bridgehead atoms. The Morgan fingerprint density at radius 2 is 1.84 bits per heavy atom. The van der Waals surface area contributed by atoms with E-state index < -0.39 is 0 Å². The van der Waals surface area contributed by atoms with Crippen LogP contribution in [0.25, 0.3) is 0 Å². The highest BCUT2D eigenvalue weighted by Crippen LogP contribution is 2.40. The molecule has 0 radical (unpaired) electrons. The predicted molar refractivity (Wildman–Crippen MR) is 123 cm³/mol. The molecule has 3 aromatic rings. The Morgan fingerprint density at radius 1 is 1.03 bits per heavy atom. The van der Waals surface area contributed by atoms with Crippen molar-refractivity contribution in [2.75, 3.05) is 20.2 Å². The highest BCUT2D eigenvalue weighted by atomic mass is 16.5. The molecule has 5 rings (SSSR count). The topological polar surface area (TPSA) is 51.7 Å². The smallest absolute Gasteiger partial charge is 0.253 e. The Labute approximate surface area is 189 Å². The highest BCUT2D eigenvalue weighted by Gasteiger charge is 2.45. The number of aromatic nitrogens is 1. The van der Waals surface area contributed by atoms with Gasteiger partial charge in [-0.2, -0.15) is 0 Å². The average molecular weight is 429 g/mol. The fourth-order valence-electron chi connectivity index (χ4n) is 5.14. The van der Waals surface area contributed by atoms with Gasteiger partial charge in [-0.3, -0.25) is 9.78 Å². The van der Waals surface area contributed by atoms with E-state index in [0.29, 0.717) is 23.8 Å². The Morgan fingerprint density at radius 3 is 2.69 bits per heavy atom. The SMILES string of the molecule is COc1ccccc1Cc1cc(C(=O)N2C[C@@H]3CC[C@H](Oc4ccccc4)[C@@H]3C2)ccn1. The number of likely N-dealkylation sites (tertiary alicyclic amines) is 1. The number of hydrogen-bond donors (Lipinski definition) is 0. The molecule has 2 heterocycles. The standard InChI is InChI=1S/C27H28N2O3/c1-31-25-10-6-5-7-19(25)15-22-16-20(13-14-28-22)27(30)29-17-21-11-12-26(24(21)18-29)32-23-8-3-2-4-9-23/h2-10,13-14,16,21,24,26H,11-12,15,17-18H2,1H3/t21-,24+,26-/m0/s1. The Kier molecular flexibility index (Phi) is 5.80. The number of carbonyl (C=O) groups excluding carboxylic acids is 1. The minimum atomic E-state index is 0.0848. The van der Waals surface area contributed by atoms with Crippen molar-refractivity contribution < 1.29 is 14.3 Å². The molecule has 32 heavy (non-hydrogen) atoms. The summed E-state index contributed by atoms with van der Waals surface area (Å²) in [5.74, 6) is 2.75. The summed E-state index contributed by atoms with van der Waals surface area (Å²) in [6.45, 7) is 1.56. The molecule has 1 aliphatic carbocycles. The number of ether oxygens (including phenoxy) is 2. The molecular formula is C27H28N2O3. The van der Waals surface area contributed by atoms with Crippen molar-refractivity contribution in [2.45, 2.75) is 25.4 Å². The van der Waals surface area contributed by atoms with E-state index in [1.165, 1.54) is 0 Å². The summed E-state index contributed by atoms with van der Waals surface area (Å²) in [5.41, 5.74) is 2.62. The van der Waals surface area contributed by atoms with Crippen molar-refractivity contribution in [3.8, 4) is 11.5 Å². The third-order valence-corrected chi connectivity index (χ3v) is 6.74. The number of hydrogen-bond acceptors (Lipinski definition) is 4. The fraction of sp³-hybridized carbons (Fsp3) is 0.333. The second-order valence-corrected chi connectivity index (χ2v) is 8.71. The molecule has 1 aromatic heterocycles. The van der Waals surface area contributed by atoms with Gasteiger partial charge in [0.25, 0.3) is 5.91 Å². The lowest BCUT2D eigenvalue weighted by Gasteiger charge is -2.22. The van der Waals surface area contributed by atoms with Gasteiger partial charge in [-0.25, -0.2) is 0 Å². The summed E-state index contributed by atoms with van der Waals surface area (Å²) in [6, 6.07) is 21.7. The summed E-state index contributed by atoms with van der Waals surface area (Å²) in [6.07, 6.45) is 4.71. The van der Waals surface area contributed by atoms with Crippen molar-refractivity contribution in [2.24, 2.45) is 11.8 Å². The van der Waals surface area contributed by atoms with Crippen LogP contribution >= 0.6 is 0 Å². The second kappa shape index (κ2) is 9.03. The van der Waals surface area contributed by atoms with Gasteiger partial charge in [0.05, 0.1) is 7.11 Å². The van der Waals surface area contributed by atoms with Crippen molar-refractivity contribution in [3.63, 3.8) is 0 Å². The predicted octanol–water partition coefficient (Wildman–Crippen LogP) is 4.61. The summed E-state index contributed by atoms with van der Waals surface area (Å²) in [4.78, 5) is 19.8. The van der Waals surface area contributed by atoms with Crippen LogP contribution in [0.5, 0.6) is 11.5 Å². The number of rotatable bonds is 6. The van der Waals surface area contributed by atoms with E-state index in [2.05, 4.69) is 4.98 Å². The highest BCUT2D eigenvalue weighted by molar-refractivity contribution is 5.94. The number of benzene rings is 2. The molecule has 0 spiro atoms. The van der Waals surface area contributed by atoms with Gasteiger partial charge in [-0.15, -0.1) is 0 Å². The molecule has 2 aromatic carbocycles. The largest absolute Gasteiger partial charge is 0.496 e. The van der Waals surface area contributed by atoms with Gasteiger partial charge < -0.3 is 14.4 Å². The zero-order chi connectivity index (χ0) is 21.9. The first-order valence-electron chi connectivity index (χ1n) is 11.3. The maximum Gasteiger partial charge on any atom is 0.253 e. The van der Waals surface area contributed by atoms with Gasteiger partial charge in [-0.05, 0) is 49.1 Å². The van der Waals surface area contributed by atoms with E-state index >= 15 is 0 Å². The third kappa shape index (κ3) is 4.20. The lowest BCUT2D eigenvalue weighted by atomic mass is 9.99. The minimum absolute atomic E-state index is 0.0848. The Bertz CT molecular complexity index is 1090. The molecule has 1 saturated heterocycles. The number of carbonyl (C=O) groups is 1. The molecular weight excluding hydrogens is 400 g/mol. The van der Waals surface area contributed by atoms with E-state index in [9.17, 15) is 4.79 Å². The molecule has 1 saturated carbocycles. The van der Waals surface area contributed by atoms with Gasteiger partial charge in [0.2, 0.25) is 0 Å². The maximum atomic E-state index is 13.3. The second-order valence-electron chi connectivity index (χ2n) is 8.71. The number of pyridine rings is 1. The molecule has 5 nitrogen and oxygen atoms in total. The zero-order valence-corrected chi connectivity index (χ0v) is 18.3. The van der Waals surface area contributed by atoms with Gasteiger partial charge >= 0.3 is 0 Å².